The summed E-state index contributed by atoms with van der Waals surface area (Å²) in [5.41, 5.74) is 2.66. The van der Waals surface area contributed by atoms with Crippen LogP contribution in [0.3, 0.4) is 0 Å². The average Bonchev–Trinajstić information content (AvgIpc) is 3.48. The van der Waals surface area contributed by atoms with Crippen LogP contribution in [-0.4, -0.2) is 23.0 Å². The summed E-state index contributed by atoms with van der Waals surface area (Å²) in [6.07, 6.45) is 1.61. The zero-order chi connectivity index (χ0) is 28.5. The molecule has 0 fully saturated rings. The van der Waals surface area contributed by atoms with E-state index in [2.05, 4.69) is 29.4 Å². The molecule has 0 amide bonds. The number of fused-ring (bicyclic) bond motifs is 3. The van der Waals surface area contributed by atoms with E-state index in [-0.39, 0.29) is 11.4 Å². The van der Waals surface area contributed by atoms with Gasteiger partial charge in [0.2, 0.25) is 5.82 Å². The molecule has 0 spiro atoms. The van der Waals surface area contributed by atoms with Gasteiger partial charge >= 0.3 is 0 Å². The van der Waals surface area contributed by atoms with E-state index in [1.165, 1.54) is 4.68 Å². The van der Waals surface area contributed by atoms with Crippen LogP contribution in [0.2, 0.25) is 0 Å². The molecule has 0 aliphatic carbocycles. The first-order valence-corrected chi connectivity index (χ1v) is 13.5. The molecule has 0 saturated carbocycles. The van der Waals surface area contributed by atoms with Crippen LogP contribution in [0.5, 0.6) is 11.5 Å². The van der Waals surface area contributed by atoms with Crippen molar-refractivity contribution in [3.63, 3.8) is 0 Å². The Bertz CT molecular complexity index is 2170. The second-order valence-corrected chi connectivity index (χ2v) is 9.76. The number of hydrogen-bond acceptors (Lipinski definition) is 6. The van der Waals surface area contributed by atoms with Gasteiger partial charge in [-0.3, -0.25) is 4.79 Å². The highest BCUT2D eigenvalue weighted by atomic mass is 16.5. The van der Waals surface area contributed by atoms with Gasteiger partial charge in [0.25, 0.3) is 5.56 Å². The van der Waals surface area contributed by atoms with E-state index in [9.17, 15) is 4.79 Å². The Kier molecular flexibility index (Phi) is 6.45. The summed E-state index contributed by atoms with van der Waals surface area (Å²) in [5.74, 6) is 1.99. The van der Waals surface area contributed by atoms with Crippen molar-refractivity contribution in [3.8, 4) is 23.1 Å². The number of aromatic nitrogens is 2. The topological polar surface area (TPSA) is 78.9 Å². The van der Waals surface area contributed by atoms with E-state index in [0.29, 0.717) is 40.4 Å². The molecule has 0 aliphatic rings. The van der Waals surface area contributed by atoms with E-state index in [1.807, 2.05) is 78.9 Å². The standard InChI is InChI=1S/C35H25N3O4/c1-40-31-18-9-19-32-28(31)20-33(42-32)34-37-29-16-6-5-15-27(29)35(39)38(34)36-21-24-11-3-7-17-30(24)41-22-25-13-8-12-23-10-2-4-14-26(23)25/h2-21H,22H2,1H3. The minimum absolute atomic E-state index is 0.280. The number of benzene rings is 5. The van der Waals surface area contributed by atoms with Gasteiger partial charge in [0.1, 0.15) is 23.7 Å². The maximum Gasteiger partial charge on any atom is 0.282 e. The van der Waals surface area contributed by atoms with Crippen LogP contribution in [0.15, 0.2) is 130 Å². The molecular weight excluding hydrogens is 526 g/mol. The highest BCUT2D eigenvalue weighted by molar-refractivity contribution is 5.89. The van der Waals surface area contributed by atoms with Gasteiger partial charge in [0.15, 0.2) is 5.76 Å². The molecule has 7 nitrogen and oxygen atoms in total. The second-order valence-electron chi connectivity index (χ2n) is 9.76. The van der Waals surface area contributed by atoms with E-state index in [1.54, 1.807) is 25.5 Å². The minimum Gasteiger partial charge on any atom is -0.496 e. The lowest BCUT2D eigenvalue weighted by atomic mass is 10.1. The fourth-order valence-electron chi connectivity index (χ4n) is 5.13. The third-order valence-corrected chi connectivity index (χ3v) is 7.21. The van der Waals surface area contributed by atoms with Gasteiger partial charge in [-0.2, -0.15) is 9.78 Å². The molecule has 0 N–H and O–H groups in total. The molecule has 7 heteroatoms. The number of methoxy groups -OCH3 is 1. The largest absolute Gasteiger partial charge is 0.496 e. The minimum atomic E-state index is -0.312. The number of nitrogens with zero attached hydrogens (tertiary/aromatic N) is 3. The molecule has 0 bridgehead atoms. The molecule has 7 rings (SSSR count). The van der Waals surface area contributed by atoms with Gasteiger partial charge in [-0.1, -0.05) is 72.8 Å². The maximum atomic E-state index is 13.7. The van der Waals surface area contributed by atoms with Crippen molar-refractivity contribution in [2.75, 3.05) is 7.11 Å². The van der Waals surface area contributed by atoms with Gasteiger partial charge in [0.05, 0.1) is 29.6 Å². The van der Waals surface area contributed by atoms with Crippen LogP contribution >= 0.6 is 0 Å². The SMILES string of the molecule is COc1cccc2oc(-c3nc4ccccc4c(=O)n3N=Cc3ccccc3OCc3cccc4ccccc34)cc12. The third-order valence-electron chi connectivity index (χ3n) is 7.21. The molecule has 42 heavy (non-hydrogen) atoms. The summed E-state index contributed by atoms with van der Waals surface area (Å²) in [4.78, 5) is 18.5. The Balaban J connectivity index is 1.29. The summed E-state index contributed by atoms with van der Waals surface area (Å²) >= 11 is 0. The Morgan fingerprint density at radius 3 is 2.45 bits per heavy atom. The molecule has 0 aliphatic heterocycles. The Hall–Kier alpha value is -5.69. The summed E-state index contributed by atoms with van der Waals surface area (Å²) in [5, 5.41) is 8.16. The van der Waals surface area contributed by atoms with E-state index in [4.69, 9.17) is 18.9 Å². The normalized spacial score (nSPS) is 11.5. The molecule has 2 heterocycles. The number of rotatable bonds is 7. The third kappa shape index (κ3) is 4.57. The Labute approximate surface area is 240 Å². The lowest BCUT2D eigenvalue weighted by Gasteiger charge is -2.11. The van der Waals surface area contributed by atoms with Gasteiger partial charge in [-0.15, -0.1) is 0 Å². The number of furan rings is 1. The van der Waals surface area contributed by atoms with E-state index < -0.39 is 0 Å². The monoisotopic (exact) mass is 551 g/mol. The fourth-order valence-corrected chi connectivity index (χ4v) is 5.13. The Morgan fingerprint density at radius 2 is 1.55 bits per heavy atom. The zero-order valence-corrected chi connectivity index (χ0v) is 22.7. The van der Waals surface area contributed by atoms with Crippen molar-refractivity contribution in [1.82, 2.24) is 9.66 Å². The molecule has 0 radical (unpaired) electrons. The van der Waals surface area contributed by atoms with Crippen molar-refractivity contribution in [3.05, 3.63) is 137 Å². The van der Waals surface area contributed by atoms with Gasteiger partial charge in [-0.05, 0) is 58.8 Å². The maximum absolute atomic E-state index is 13.7. The van der Waals surface area contributed by atoms with Crippen molar-refractivity contribution in [2.45, 2.75) is 6.61 Å². The summed E-state index contributed by atoms with van der Waals surface area (Å²) in [7, 11) is 1.61. The van der Waals surface area contributed by atoms with Crippen molar-refractivity contribution in [1.29, 1.82) is 0 Å². The quantitative estimate of drug-likeness (QED) is 0.193. The van der Waals surface area contributed by atoms with Crippen LogP contribution in [-0.2, 0) is 6.61 Å². The lowest BCUT2D eigenvalue weighted by Crippen LogP contribution is -2.20. The molecule has 7 aromatic rings. The van der Waals surface area contributed by atoms with Crippen LogP contribution in [0.4, 0.5) is 0 Å². The highest BCUT2D eigenvalue weighted by Crippen LogP contribution is 2.33. The van der Waals surface area contributed by atoms with Gasteiger partial charge < -0.3 is 13.9 Å². The predicted octanol–water partition coefficient (Wildman–Crippen LogP) is 7.43. The molecule has 2 aromatic heterocycles. The van der Waals surface area contributed by atoms with Gasteiger partial charge in [-0.25, -0.2) is 4.98 Å². The molecule has 0 saturated heterocycles. The first kappa shape index (κ1) is 25.3. The molecule has 0 atom stereocenters. The number of hydrogen-bond donors (Lipinski definition) is 0. The van der Waals surface area contributed by atoms with Crippen molar-refractivity contribution in [2.24, 2.45) is 5.10 Å². The number of para-hydroxylation sites is 2. The molecular formula is C35H25N3O4. The Morgan fingerprint density at radius 1 is 0.810 bits per heavy atom. The lowest BCUT2D eigenvalue weighted by molar-refractivity contribution is 0.307. The second kappa shape index (κ2) is 10.7. The first-order valence-electron chi connectivity index (χ1n) is 13.5. The fraction of sp³-hybridized carbons (Fsp3) is 0.0571. The van der Waals surface area contributed by atoms with Crippen LogP contribution in [0, 0.1) is 0 Å². The van der Waals surface area contributed by atoms with Crippen LogP contribution in [0.1, 0.15) is 11.1 Å². The average molecular weight is 552 g/mol. The summed E-state index contributed by atoms with van der Waals surface area (Å²) < 4.78 is 19.2. The predicted molar refractivity (Wildman–Crippen MR) is 165 cm³/mol. The van der Waals surface area contributed by atoms with Crippen molar-refractivity contribution >= 4 is 38.9 Å². The summed E-state index contributed by atoms with van der Waals surface area (Å²) in [6, 6.07) is 36.6. The smallest absolute Gasteiger partial charge is 0.282 e. The van der Waals surface area contributed by atoms with Crippen LogP contribution < -0.4 is 15.0 Å². The number of ether oxygens (including phenoxy) is 2. The van der Waals surface area contributed by atoms with Crippen LogP contribution in [0.25, 0.3) is 44.2 Å². The van der Waals surface area contributed by atoms with Gasteiger partial charge in [0, 0.05) is 5.56 Å². The highest BCUT2D eigenvalue weighted by Gasteiger charge is 2.18. The van der Waals surface area contributed by atoms with E-state index in [0.717, 1.165) is 27.3 Å². The molecule has 5 aromatic carbocycles. The van der Waals surface area contributed by atoms with Crippen molar-refractivity contribution < 1.29 is 13.9 Å². The summed E-state index contributed by atoms with van der Waals surface area (Å²) in [6.45, 7) is 0.385. The first-order chi connectivity index (χ1) is 20.7. The molecule has 0 unspecified atom stereocenters. The molecule has 204 valence electrons. The van der Waals surface area contributed by atoms with E-state index >= 15 is 0 Å². The zero-order valence-electron chi connectivity index (χ0n) is 22.7.